The van der Waals surface area contributed by atoms with Gasteiger partial charge in [0.1, 0.15) is 5.58 Å². The van der Waals surface area contributed by atoms with Crippen molar-refractivity contribution in [2.45, 2.75) is 6.29 Å². The van der Waals surface area contributed by atoms with Gasteiger partial charge in [0.2, 0.25) is 5.76 Å². The SMILES string of the molecule is COC(=O)c1cc2ccc(C3OCCO3)cc2o1. The van der Waals surface area contributed by atoms with Crippen LogP contribution < -0.4 is 0 Å². The third-order valence-electron chi connectivity index (χ3n) is 2.82. The Kier molecular flexibility index (Phi) is 2.77. The van der Waals surface area contributed by atoms with Crippen LogP contribution in [0.4, 0.5) is 0 Å². The number of hydrogen-bond acceptors (Lipinski definition) is 5. The second-order valence-electron chi connectivity index (χ2n) is 3.97. The van der Waals surface area contributed by atoms with Crippen molar-refractivity contribution in [2.24, 2.45) is 0 Å². The van der Waals surface area contributed by atoms with Gasteiger partial charge < -0.3 is 18.6 Å². The Balaban J connectivity index is 1.98. The van der Waals surface area contributed by atoms with Crippen molar-refractivity contribution in [3.05, 3.63) is 35.6 Å². The molecule has 0 atom stereocenters. The molecule has 1 aliphatic rings. The Hall–Kier alpha value is -1.85. The Morgan fingerprint density at radius 1 is 1.28 bits per heavy atom. The van der Waals surface area contributed by atoms with Crippen molar-refractivity contribution in [1.82, 2.24) is 0 Å². The van der Waals surface area contributed by atoms with E-state index in [1.54, 1.807) is 6.07 Å². The van der Waals surface area contributed by atoms with Gasteiger partial charge in [-0.05, 0) is 12.1 Å². The fraction of sp³-hybridized carbons (Fsp3) is 0.308. The highest BCUT2D eigenvalue weighted by Gasteiger charge is 2.20. The molecule has 2 aromatic rings. The van der Waals surface area contributed by atoms with Gasteiger partial charge in [-0.2, -0.15) is 0 Å². The van der Waals surface area contributed by atoms with Gasteiger partial charge in [0.25, 0.3) is 0 Å². The molecule has 5 nitrogen and oxygen atoms in total. The molecular formula is C13H12O5. The van der Waals surface area contributed by atoms with E-state index in [9.17, 15) is 4.79 Å². The van der Waals surface area contributed by atoms with Crippen molar-refractivity contribution in [3.8, 4) is 0 Å². The van der Waals surface area contributed by atoms with Crippen molar-refractivity contribution < 1.29 is 23.4 Å². The van der Waals surface area contributed by atoms with Gasteiger partial charge >= 0.3 is 5.97 Å². The largest absolute Gasteiger partial charge is 0.463 e. The number of hydrogen-bond donors (Lipinski definition) is 0. The highest BCUT2D eigenvalue weighted by atomic mass is 16.7. The van der Waals surface area contributed by atoms with Crippen LogP contribution in [0, 0.1) is 0 Å². The summed E-state index contributed by atoms with van der Waals surface area (Å²) in [4.78, 5) is 11.4. The molecule has 1 fully saturated rings. The van der Waals surface area contributed by atoms with Crippen molar-refractivity contribution in [3.63, 3.8) is 0 Å². The molecule has 0 saturated carbocycles. The fourth-order valence-electron chi connectivity index (χ4n) is 1.95. The lowest BCUT2D eigenvalue weighted by Crippen LogP contribution is -1.98. The maximum atomic E-state index is 11.4. The van der Waals surface area contributed by atoms with Gasteiger partial charge in [-0.25, -0.2) is 4.79 Å². The summed E-state index contributed by atoms with van der Waals surface area (Å²) in [7, 11) is 1.32. The Morgan fingerprint density at radius 3 is 2.78 bits per heavy atom. The van der Waals surface area contributed by atoms with Crippen LogP contribution >= 0.6 is 0 Å². The zero-order valence-electron chi connectivity index (χ0n) is 9.84. The second-order valence-corrected chi connectivity index (χ2v) is 3.97. The summed E-state index contributed by atoms with van der Waals surface area (Å²) in [5, 5.41) is 0.845. The summed E-state index contributed by atoms with van der Waals surface area (Å²) in [6, 6.07) is 7.24. The van der Waals surface area contributed by atoms with Gasteiger partial charge in [0, 0.05) is 10.9 Å². The van der Waals surface area contributed by atoms with E-state index in [0.29, 0.717) is 18.8 Å². The monoisotopic (exact) mass is 248 g/mol. The van der Waals surface area contributed by atoms with Crippen LogP contribution in [-0.4, -0.2) is 26.3 Å². The summed E-state index contributed by atoms with van der Waals surface area (Å²) in [5.74, 6) is -0.293. The first kappa shape index (κ1) is 11.3. The van der Waals surface area contributed by atoms with Crippen molar-refractivity contribution in [2.75, 3.05) is 20.3 Å². The zero-order valence-corrected chi connectivity index (χ0v) is 9.84. The molecule has 1 aromatic carbocycles. The number of ether oxygens (including phenoxy) is 3. The molecule has 0 spiro atoms. The van der Waals surface area contributed by atoms with E-state index in [4.69, 9.17) is 13.9 Å². The van der Waals surface area contributed by atoms with Gasteiger partial charge in [0.15, 0.2) is 6.29 Å². The van der Waals surface area contributed by atoms with Crippen molar-refractivity contribution >= 4 is 16.9 Å². The number of fused-ring (bicyclic) bond motifs is 1. The quantitative estimate of drug-likeness (QED) is 0.763. The van der Waals surface area contributed by atoms with E-state index in [0.717, 1.165) is 10.9 Å². The normalized spacial score (nSPS) is 16.3. The van der Waals surface area contributed by atoms with Crippen LogP contribution in [0.15, 0.2) is 28.7 Å². The molecule has 5 heteroatoms. The molecule has 0 bridgehead atoms. The lowest BCUT2D eigenvalue weighted by molar-refractivity contribution is -0.0440. The Labute approximate surface area is 103 Å². The number of esters is 1. The van der Waals surface area contributed by atoms with Crippen LogP contribution in [0.25, 0.3) is 11.0 Å². The number of furan rings is 1. The first-order valence-corrected chi connectivity index (χ1v) is 5.63. The summed E-state index contributed by atoms with van der Waals surface area (Å²) in [5.41, 5.74) is 1.50. The minimum atomic E-state index is -0.485. The lowest BCUT2D eigenvalue weighted by Gasteiger charge is -2.08. The van der Waals surface area contributed by atoms with Crippen molar-refractivity contribution in [1.29, 1.82) is 0 Å². The van der Waals surface area contributed by atoms with Crippen LogP contribution in [0.5, 0.6) is 0 Å². The van der Waals surface area contributed by atoms with Crippen LogP contribution in [0.1, 0.15) is 22.4 Å². The van der Waals surface area contributed by atoms with Crippen LogP contribution in [0.3, 0.4) is 0 Å². The van der Waals surface area contributed by atoms with Gasteiger partial charge in [0.05, 0.1) is 20.3 Å². The highest BCUT2D eigenvalue weighted by Crippen LogP contribution is 2.28. The average Bonchev–Trinajstić information content (AvgIpc) is 3.05. The average molecular weight is 248 g/mol. The molecule has 0 radical (unpaired) electrons. The zero-order chi connectivity index (χ0) is 12.5. The molecule has 2 heterocycles. The first-order chi connectivity index (χ1) is 8.78. The predicted octanol–water partition coefficient (Wildman–Crippen LogP) is 2.26. The standard InChI is InChI=1S/C13H12O5/c1-15-12(14)11-6-8-2-3-9(7-10(8)18-11)13-16-4-5-17-13/h2-3,6-7,13H,4-5H2,1H3. The van der Waals surface area contributed by atoms with Gasteiger partial charge in [-0.1, -0.05) is 12.1 Å². The van der Waals surface area contributed by atoms with E-state index in [1.807, 2.05) is 18.2 Å². The number of benzene rings is 1. The minimum absolute atomic E-state index is 0.193. The maximum absolute atomic E-state index is 11.4. The smallest absolute Gasteiger partial charge is 0.373 e. The maximum Gasteiger partial charge on any atom is 0.373 e. The number of carbonyl (C=O) groups is 1. The summed E-state index contributed by atoms with van der Waals surface area (Å²) < 4.78 is 20.9. The molecule has 1 aromatic heterocycles. The summed E-state index contributed by atoms with van der Waals surface area (Å²) in [6.07, 6.45) is -0.346. The summed E-state index contributed by atoms with van der Waals surface area (Å²) in [6.45, 7) is 1.18. The fourth-order valence-corrected chi connectivity index (χ4v) is 1.95. The topological polar surface area (TPSA) is 57.9 Å². The molecule has 1 saturated heterocycles. The van der Waals surface area contributed by atoms with E-state index >= 15 is 0 Å². The Morgan fingerprint density at radius 2 is 2.06 bits per heavy atom. The first-order valence-electron chi connectivity index (χ1n) is 5.63. The number of rotatable bonds is 2. The molecule has 1 aliphatic heterocycles. The lowest BCUT2D eigenvalue weighted by atomic mass is 10.1. The molecule has 94 valence electrons. The molecular weight excluding hydrogens is 236 g/mol. The van der Waals surface area contributed by atoms with Gasteiger partial charge in [-0.3, -0.25) is 0 Å². The Bertz CT molecular complexity index is 580. The van der Waals surface area contributed by atoms with E-state index in [-0.39, 0.29) is 12.1 Å². The molecule has 18 heavy (non-hydrogen) atoms. The van der Waals surface area contributed by atoms with Crippen LogP contribution in [-0.2, 0) is 14.2 Å². The molecule has 3 rings (SSSR count). The van der Waals surface area contributed by atoms with E-state index in [1.165, 1.54) is 7.11 Å². The highest BCUT2D eigenvalue weighted by molar-refractivity contribution is 5.92. The third-order valence-corrected chi connectivity index (χ3v) is 2.82. The third kappa shape index (κ3) is 1.87. The predicted molar refractivity (Wildman–Crippen MR) is 62.2 cm³/mol. The van der Waals surface area contributed by atoms with Crippen LogP contribution in [0.2, 0.25) is 0 Å². The molecule has 0 aliphatic carbocycles. The minimum Gasteiger partial charge on any atom is -0.463 e. The van der Waals surface area contributed by atoms with E-state index < -0.39 is 5.97 Å². The second kappa shape index (κ2) is 4.44. The summed E-state index contributed by atoms with van der Waals surface area (Å²) >= 11 is 0. The molecule has 0 N–H and O–H groups in total. The van der Waals surface area contributed by atoms with E-state index in [2.05, 4.69) is 4.74 Å². The molecule has 0 unspecified atom stereocenters. The molecule has 0 amide bonds. The van der Waals surface area contributed by atoms with Gasteiger partial charge in [-0.15, -0.1) is 0 Å². The number of carbonyl (C=O) groups excluding carboxylic acids is 1. The number of methoxy groups -OCH3 is 1.